The number of nitrogens with zero attached hydrogens (tertiary/aromatic N) is 1. The van der Waals surface area contributed by atoms with Gasteiger partial charge in [-0.15, -0.1) is 0 Å². The van der Waals surface area contributed by atoms with Crippen LogP contribution < -0.4 is 5.32 Å². The molecule has 0 saturated carbocycles. The minimum Gasteiger partial charge on any atom is -0.349 e. The second kappa shape index (κ2) is 5.12. The number of fused-ring (bicyclic) bond motifs is 3. The summed E-state index contributed by atoms with van der Waals surface area (Å²) >= 11 is 0. The smallest absolute Gasteiger partial charge is 0.268 e. The van der Waals surface area contributed by atoms with E-state index in [2.05, 4.69) is 5.32 Å². The lowest BCUT2D eigenvalue weighted by Crippen LogP contribution is -2.37. The highest BCUT2D eigenvalue weighted by molar-refractivity contribution is 6.04. The van der Waals surface area contributed by atoms with Crippen LogP contribution in [0.3, 0.4) is 0 Å². The summed E-state index contributed by atoms with van der Waals surface area (Å²) in [6.07, 6.45) is 0. The van der Waals surface area contributed by atoms with Gasteiger partial charge in [0.25, 0.3) is 5.91 Å². The zero-order valence-corrected chi connectivity index (χ0v) is 12.7. The summed E-state index contributed by atoms with van der Waals surface area (Å²) in [4.78, 5) is 12.1. The molecule has 0 saturated heterocycles. The van der Waals surface area contributed by atoms with Crippen molar-refractivity contribution in [3.8, 4) is 11.1 Å². The molecule has 2 aromatic carbocycles. The van der Waals surface area contributed by atoms with Gasteiger partial charge in [0.1, 0.15) is 11.5 Å². The molecule has 122 valence electrons. The molecule has 1 N–H and O–H groups in total. The molecular weight excluding hydrogens is 317 g/mol. The van der Waals surface area contributed by atoms with E-state index in [-0.39, 0.29) is 11.9 Å². The first-order valence-corrected chi connectivity index (χ1v) is 7.54. The van der Waals surface area contributed by atoms with Crippen molar-refractivity contribution in [3.63, 3.8) is 0 Å². The van der Waals surface area contributed by atoms with Gasteiger partial charge in [-0.2, -0.15) is 0 Å². The molecule has 1 aliphatic heterocycles. The molecule has 1 aliphatic rings. The largest absolute Gasteiger partial charge is 0.349 e. The number of benzene rings is 2. The SMILES string of the molecule is C[C@@H]1CNC(=O)c2cc3cc(F)cc(-c4ccc(F)c(F)c4)c3n21. The lowest BCUT2D eigenvalue weighted by Gasteiger charge is -2.25. The first-order valence-electron chi connectivity index (χ1n) is 7.54. The Morgan fingerprint density at radius 3 is 2.62 bits per heavy atom. The van der Waals surface area contributed by atoms with Gasteiger partial charge in [-0.05, 0) is 42.8 Å². The van der Waals surface area contributed by atoms with Gasteiger partial charge in [0.2, 0.25) is 0 Å². The van der Waals surface area contributed by atoms with E-state index in [1.807, 2.05) is 11.5 Å². The summed E-state index contributed by atoms with van der Waals surface area (Å²) < 4.78 is 42.7. The second-order valence-electron chi connectivity index (χ2n) is 5.98. The summed E-state index contributed by atoms with van der Waals surface area (Å²) in [5.74, 6) is -2.70. The predicted octanol–water partition coefficient (Wildman–Crippen LogP) is 4.03. The van der Waals surface area contributed by atoms with Gasteiger partial charge < -0.3 is 9.88 Å². The van der Waals surface area contributed by atoms with Crippen molar-refractivity contribution in [3.05, 3.63) is 59.5 Å². The Hall–Kier alpha value is -2.76. The van der Waals surface area contributed by atoms with Gasteiger partial charge in [0.05, 0.1) is 5.52 Å². The van der Waals surface area contributed by atoms with E-state index < -0.39 is 17.5 Å². The maximum Gasteiger partial charge on any atom is 0.268 e. The molecule has 3 aromatic rings. The fourth-order valence-electron chi connectivity index (χ4n) is 3.28. The summed E-state index contributed by atoms with van der Waals surface area (Å²) in [6.45, 7) is 2.38. The molecule has 0 fully saturated rings. The number of halogens is 3. The highest BCUT2D eigenvalue weighted by Gasteiger charge is 2.26. The quantitative estimate of drug-likeness (QED) is 0.718. The lowest BCUT2D eigenvalue weighted by atomic mass is 10.0. The molecule has 2 heterocycles. The Bertz CT molecular complexity index is 994. The molecule has 3 nitrogen and oxygen atoms in total. The zero-order valence-electron chi connectivity index (χ0n) is 12.7. The number of carbonyl (C=O) groups excluding carboxylic acids is 1. The third-order valence-corrected chi connectivity index (χ3v) is 4.36. The highest BCUT2D eigenvalue weighted by Crippen LogP contribution is 2.35. The molecule has 4 rings (SSSR count). The van der Waals surface area contributed by atoms with Crippen LogP contribution in [0.1, 0.15) is 23.5 Å². The fraction of sp³-hybridized carbons (Fsp3) is 0.167. The first kappa shape index (κ1) is 14.8. The minimum atomic E-state index is -0.999. The number of aromatic nitrogens is 1. The number of nitrogens with one attached hydrogen (secondary N) is 1. The highest BCUT2D eigenvalue weighted by atomic mass is 19.2. The Morgan fingerprint density at radius 2 is 1.88 bits per heavy atom. The third kappa shape index (κ3) is 2.10. The number of amides is 1. The Balaban J connectivity index is 2.08. The van der Waals surface area contributed by atoms with Gasteiger partial charge in [0, 0.05) is 23.5 Å². The van der Waals surface area contributed by atoms with Crippen LogP contribution in [0.15, 0.2) is 36.4 Å². The van der Waals surface area contributed by atoms with Crippen molar-refractivity contribution in [1.29, 1.82) is 0 Å². The predicted molar refractivity (Wildman–Crippen MR) is 84.3 cm³/mol. The standard InChI is InChI=1S/C18H13F3N2O/c1-9-8-22-18(24)16-6-11-4-12(19)7-13(17(11)23(9)16)10-2-3-14(20)15(21)5-10/h2-7,9H,8H2,1H3,(H,22,24)/t9-/m1/s1. The van der Waals surface area contributed by atoms with Gasteiger partial charge in [0.15, 0.2) is 11.6 Å². The van der Waals surface area contributed by atoms with Crippen LogP contribution in [0.25, 0.3) is 22.0 Å². The molecular formula is C18H13F3N2O. The van der Waals surface area contributed by atoms with Gasteiger partial charge in [-0.25, -0.2) is 13.2 Å². The van der Waals surface area contributed by atoms with Crippen molar-refractivity contribution < 1.29 is 18.0 Å². The molecule has 0 radical (unpaired) electrons. The number of rotatable bonds is 1. The van der Waals surface area contributed by atoms with Gasteiger partial charge >= 0.3 is 0 Å². The summed E-state index contributed by atoms with van der Waals surface area (Å²) in [6, 6.07) is 7.65. The zero-order chi connectivity index (χ0) is 17.0. The molecule has 0 spiro atoms. The van der Waals surface area contributed by atoms with E-state index >= 15 is 0 Å². The van der Waals surface area contributed by atoms with Crippen LogP contribution in [0.4, 0.5) is 13.2 Å². The Morgan fingerprint density at radius 1 is 1.08 bits per heavy atom. The molecule has 0 unspecified atom stereocenters. The normalized spacial score (nSPS) is 17.0. The average Bonchev–Trinajstić information content (AvgIpc) is 2.93. The van der Waals surface area contributed by atoms with Crippen LogP contribution in [-0.4, -0.2) is 17.0 Å². The molecule has 24 heavy (non-hydrogen) atoms. The van der Waals surface area contributed by atoms with E-state index in [4.69, 9.17) is 0 Å². The first-order chi connectivity index (χ1) is 11.5. The number of hydrogen-bond acceptors (Lipinski definition) is 1. The van der Waals surface area contributed by atoms with Crippen LogP contribution in [-0.2, 0) is 0 Å². The van der Waals surface area contributed by atoms with E-state index in [9.17, 15) is 18.0 Å². The van der Waals surface area contributed by atoms with Crippen molar-refractivity contribution in [1.82, 2.24) is 9.88 Å². The van der Waals surface area contributed by atoms with Crippen molar-refractivity contribution in [2.45, 2.75) is 13.0 Å². The molecule has 0 bridgehead atoms. The fourth-order valence-corrected chi connectivity index (χ4v) is 3.28. The third-order valence-electron chi connectivity index (χ3n) is 4.36. The van der Waals surface area contributed by atoms with Gasteiger partial charge in [-0.3, -0.25) is 4.79 Å². The van der Waals surface area contributed by atoms with Crippen molar-refractivity contribution in [2.24, 2.45) is 0 Å². The molecule has 1 aromatic heterocycles. The van der Waals surface area contributed by atoms with E-state index in [1.54, 1.807) is 6.07 Å². The van der Waals surface area contributed by atoms with Crippen LogP contribution in [0.5, 0.6) is 0 Å². The topological polar surface area (TPSA) is 34.0 Å². The Kier molecular flexibility index (Phi) is 3.16. The summed E-state index contributed by atoms with van der Waals surface area (Å²) in [5.41, 5.74) is 1.85. The summed E-state index contributed by atoms with van der Waals surface area (Å²) in [7, 11) is 0. The average molecular weight is 330 g/mol. The number of hydrogen-bond donors (Lipinski definition) is 1. The van der Waals surface area contributed by atoms with Crippen molar-refractivity contribution in [2.75, 3.05) is 6.54 Å². The minimum absolute atomic E-state index is 0.0373. The van der Waals surface area contributed by atoms with Crippen LogP contribution in [0.2, 0.25) is 0 Å². The Labute approximate surface area is 135 Å². The maximum atomic E-state index is 14.0. The van der Waals surface area contributed by atoms with Crippen LogP contribution >= 0.6 is 0 Å². The number of carbonyl (C=O) groups is 1. The van der Waals surface area contributed by atoms with Gasteiger partial charge in [-0.1, -0.05) is 6.07 Å². The van der Waals surface area contributed by atoms with E-state index in [0.29, 0.717) is 34.3 Å². The summed E-state index contributed by atoms with van der Waals surface area (Å²) in [5, 5.41) is 3.33. The lowest BCUT2D eigenvalue weighted by molar-refractivity contribution is 0.0919. The van der Waals surface area contributed by atoms with E-state index in [1.165, 1.54) is 18.2 Å². The van der Waals surface area contributed by atoms with E-state index in [0.717, 1.165) is 12.1 Å². The molecule has 0 aliphatic carbocycles. The molecule has 1 amide bonds. The molecule has 1 atom stereocenters. The maximum absolute atomic E-state index is 14.0. The second-order valence-corrected chi connectivity index (χ2v) is 5.98. The molecule has 6 heteroatoms. The van der Waals surface area contributed by atoms with Crippen molar-refractivity contribution >= 4 is 16.8 Å². The van der Waals surface area contributed by atoms with Crippen LogP contribution in [0, 0.1) is 17.5 Å². The monoisotopic (exact) mass is 330 g/mol.